The molecule has 1 unspecified atom stereocenters. The fourth-order valence-electron chi connectivity index (χ4n) is 2.21. The summed E-state index contributed by atoms with van der Waals surface area (Å²) in [6, 6.07) is 5.38. The Hall–Kier alpha value is -1.71. The van der Waals surface area contributed by atoms with E-state index >= 15 is 0 Å². The molecule has 112 valence electrons. The van der Waals surface area contributed by atoms with Crippen LogP contribution in [0.2, 0.25) is 0 Å². The predicted molar refractivity (Wildman–Crippen MR) is 83.1 cm³/mol. The number of benzene rings is 1. The van der Waals surface area contributed by atoms with Crippen molar-refractivity contribution in [3.8, 4) is 5.75 Å². The van der Waals surface area contributed by atoms with Crippen molar-refractivity contribution in [1.29, 1.82) is 0 Å². The van der Waals surface area contributed by atoms with Gasteiger partial charge in [-0.15, -0.1) is 0 Å². The summed E-state index contributed by atoms with van der Waals surface area (Å²) in [5, 5.41) is 3.00. The number of anilines is 1. The van der Waals surface area contributed by atoms with Gasteiger partial charge in [0.1, 0.15) is 0 Å². The Balaban J connectivity index is 2.56. The van der Waals surface area contributed by atoms with Gasteiger partial charge in [-0.25, -0.2) is 0 Å². The molecule has 0 saturated heterocycles. The topological polar surface area (TPSA) is 64.4 Å². The van der Waals surface area contributed by atoms with Crippen LogP contribution < -0.4 is 15.8 Å². The van der Waals surface area contributed by atoms with Crippen LogP contribution in [0.25, 0.3) is 0 Å². The zero-order valence-electron chi connectivity index (χ0n) is 12.7. The third-order valence-electron chi connectivity index (χ3n) is 3.36. The highest BCUT2D eigenvalue weighted by atomic mass is 16.5. The standard InChI is InChI=1S/C16H26N2O2/c1-4-5-6-7-9-12(2)18-16(19)13-10-8-11-14(17)15(13)20-3/h8,10-12H,4-7,9,17H2,1-3H3,(H,18,19). The van der Waals surface area contributed by atoms with Crippen molar-refractivity contribution in [2.45, 2.75) is 52.0 Å². The van der Waals surface area contributed by atoms with Crippen molar-refractivity contribution in [3.05, 3.63) is 23.8 Å². The van der Waals surface area contributed by atoms with Crippen molar-refractivity contribution in [1.82, 2.24) is 5.32 Å². The van der Waals surface area contributed by atoms with Gasteiger partial charge in [-0.3, -0.25) is 4.79 Å². The first-order chi connectivity index (χ1) is 9.60. The number of rotatable bonds is 8. The molecule has 20 heavy (non-hydrogen) atoms. The first-order valence-electron chi connectivity index (χ1n) is 7.33. The summed E-state index contributed by atoms with van der Waals surface area (Å²) < 4.78 is 5.21. The number of amides is 1. The Kier molecular flexibility index (Phi) is 6.91. The molecule has 1 amide bonds. The minimum Gasteiger partial charge on any atom is -0.494 e. The van der Waals surface area contributed by atoms with Crippen LogP contribution in [0.3, 0.4) is 0 Å². The first kappa shape index (κ1) is 16.3. The number of para-hydroxylation sites is 1. The minimum atomic E-state index is -0.128. The van der Waals surface area contributed by atoms with E-state index in [0.29, 0.717) is 17.0 Å². The van der Waals surface area contributed by atoms with E-state index in [0.717, 1.165) is 12.8 Å². The molecule has 1 aromatic rings. The number of ether oxygens (including phenoxy) is 1. The van der Waals surface area contributed by atoms with E-state index in [1.807, 2.05) is 6.92 Å². The lowest BCUT2D eigenvalue weighted by atomic mass is 10.1. The van der Waals surface area contributed by atoms with E-state index in [9.17, 15) is 4.79 Å². The summed E-state index contributed by atoms with van der Waals surface area (Å²) in [5.41, 5.74) is 6.78. The van der Waals surface area contributed by atoms with Crippen LogP contribution in [-0.2, 0) is 0 Å². The maximum absolute atomic E-state index is 12.2. The third-order valence-corrected chi connectivity index (χ3v) is 3.36. The summed E-state index contributed by atoms with van der Waals surface area (Å²) >= 11 is 0. The minimum absolute atomic E-state index is 0.128. The summed E-state index contributed by atoms with van der Waals surface area (Å²) in [4.78, 5) is 12.2. The molecule has 4 nitrogen and oxygen atoms in total. The zero-order valence-corrected chi connectivity index (χ0v) is 12.7. The van der Waals surface area contributed by atoms with Crippen molar-refractivity contribution in [2.75, 3.05) is 12.8 Å². The Bertz CT molecular complexity index is 432. The van der Waals surface area contributed by atoms with Gasteiger partial charge in [0, 0.05) is 6.04 Å². The Morgan fingerprint density at radius 2 is 2.10 bits per heavy atom. The number of hydrogen-bond acceptors (Lipinski definition) is 3. The average molecular weight is 278 g/mol. The van der Waals surface area contributed by atoms with Crippen LogP contribution in [0.15, 0.2) is 18.2 Å². The SMILES string of the molecule is CCCCCCC(C)NC(=O)c1cccc(N)c1OC. The molecular weight excluding hydrogens is 252 g/mol. The van der Waals surface area contributed by atoms with Gasteiger partial charge in [0.2, 0.25) is 0 Å². The number of methoxy groups -OCH3 is 1. The number of carbonyl (C=O) groups excluding carboxylic acids is 1. The summed E-state index contributed by atoms with van der Waals surface area (Å²) in [7, 11) is 1.52. The number of unbranched alkanes of at least 4 members (excludes halogenated alkanes) is 3. The van der Waals surface area contributed by atoms with Crippen LogP contribution in [0.1, 0.15) is 56.3 Å². The lowest BCUT2D eigenvalue weighted by Gasteiger charge is -2.16. The predicted octanol–water partition coefficient (Wildman–Crippen LogP) is 3.37. The van der Waals surface area contributed by atoms with E-state index in [1.165, 1.54) is 26.4 Å². The molecule has 0 saturated carbocycles. The van der Waals surface area contributed by atoms with Crippen molar-refractivity contribution in [2.24, 2.45) is 0 Å². The molecule has 1 aromatic carbocycles. The fraction of sp³-hybridized carbons (Fsp3) is 0.562. The van der Waals surface area contributed by atoms with Crippen LogP contribution >= 0.6 is 0 Å². The summed E-state index contributed by atoms with van der Waals surface area (Å²) in [6.07, 6.45) is 5.84. The number of hydrogen-bond donors (Lipinski definition) is 2. The van der Waals surface area contributed by atoms with Gasteiger partial charge >= 0.3 is 0 Å². The second-order valence-electron chi connectivity index (χ2n) is 5.15. The number of nitrogens with two attached hydrogens (primary N) is 1. The van der Waals surface area contributed by atoms with E-state index in [1.54, 1.807) is 18.2 Å². The second-order valence-corrected chi connectivity index (χ2v) is 5.15. The maximum atomic E-state index is 12.2. The lowest BCUT2D eigenvalue weighted by molar-refractivity contribution is 0.0935. The second kappa shape index (κ2) is 8.46. The van der Waals surface area contributed by atoms with Crippen LogP contribution in [0.5, 0.6) is 5.75 Å². The molecule has 1 rings (SSSR count). The van der Waals surface area contributed by atoms with Gasteiger partial charge in [-0.2, -0.15) is 0 Å². The van der Waals surface area contributed by atoms with Crippen molar-refractivity contribution >= 4 is 11.6 Å². The molecule has 0 aromatic heterocycles. The van der Waals surface area contributed by atoms with Gasteiger partial charge in [-0.05, 0) is 25.5 Å². The molecule has 0 bridgehead atoms. The van der Waals surface area contributed by atoms with Crippen LogP contribution in [0, 0.1) is 0 Å². The molecule has 0 aliphatic rings. The number of carbonyl (C=O) groups is 1. The fourth-order valence-corrected chi connectivity index (χ4v) is 2.21. The van der Waals surface area contributed by atoms with E-state index in [2.05, 4.69) is 12.2 Å². The van der Waals surface area contributed by atoms with Crippen molar-refractivity contribution < 1.29 is 9.53 Å². The molecule has 1 atom stereocenters. The molecule has 0 fully saturated rings. The Morgan fingerprint density at radius 1 is 1.35 bits per heavy atom. The Labute approximate surface area is 121 Å². The Morgan fingerprint density at radius 3 is 2.75 bits per heavy atom. The van der Waals surface area contributed by atoms with Gasteiger partial charge in [-0.1, -0.05) is 38.7 Å². The molecule has 0 radical (unpaired) electrons. The molecular formula is C16H26N2O2. The average Bonchev–Trinajstić information content (AvgIpc) is 2.43. The first-order valence-corrected chi connectivity index (χ1v) is 7.33. The highest BCUT2D eigenvalue weighted by molar-refractivity contribution is 5.98. The van der Waals surface area contributed by atoms with E-state index in [4.69, 9.17) is 10.5 Å². The van der Waals surface area contributed by atoms with E-state index < -0.39 is 0 Å². The largest absolute Gasteiger partial charge is 0.494 e. The number of nitrogens with one attached hydrogen (secondary N) is 1. The normalized spacial score (nSPS) is 11.9. The summed E-state index contributed by atoms with van der Waals surface area (Å²) in [5.74, 6) is 0.320. The third kappa shape index (κ3) is 4.76. The monoisotopic (exact) mass is 278 g/mol. The summed E-state index contributed by atoms with van der Waals surface area (Å²) in [6.45, 7) is 4.22. The quantitative estimate of drug-likeness (QED) is 0.566. The molecule has 0 aliphatic carbocycles. The molecule has 0 heterocycles. The maximum Gasteiger partial charge on any atom is 0.255 e. The van der Waals surface area contributed by atoms with Gasteiger partial charge < -0.3 is 15.8 Å². The molecule has 0 aliphatic heterocycles. The molecule has 0 spiro atoms. The van der Waals surface area contributed by atoms with Crippen LogP contribution in [0.4, 0.5) is 5.69 Å². The molecule has 4 heteroatoms. The van der Waals surface area contributed by atoms with Crippen LogP contribution in [-0.4, -0.2) is 19.1 Å². The van der Waals surface area contributed by atoms with Crippen molar-refractivity contribution in [3.63, 3.8) is 0 Å². The van der Waals surface area contributed by atoms with Gasteiger partial charge in [0.05, 0.1) is 18.4 Å². The lowest BCUT2D eigenvalue weighted by Crippen LogP contribution is -2.32. The smallest absolute Gasteiger partial charge is 0.255 e. The number of nitrogen functional groups attached to an aromatic ring is 1. The molecule has 3 N–H and O–H groups in total. The highest BCUT2D eigenvalue weighted by Crippen LogP contribution is 2.25. The van der Waals surface area contributed by atoms with E-state index in [-0.39, 0.29) is 11.9 Å². The highest BCUT2D eigenvalue weighted by Gasteiger charge is 2.16. The van der Waals surface area contributed by atoms with Gasteiger partial charge in [0.15, 0.2) is 5.75 Å². The van der Waals surface area contributed by atoms with Gasteiger partial charge in [0.25, 0.3) is 5.91 Å². The zero-order chi connectivity index (χ0) is 15.0.